The fourth-order valence-corrected chi connectivity index (χ4v) is 3.13. The largest absolute Gasteiger partial charge is 0.464 e. The number of furan rings is 2. The van der Waals surface area contributed by atoms with Crippen LogP contribution in [-0.4, -0.2) is 20.8 Å². The molecule has 25 heavy (non-hydrogen) atoms. The van der Waals surface area contributed by atoms with E-state index in [1.807, 2.05) is 0 Å². The van der Waals surface area contributed by atoms with Gasteiger partial charge in [0.05, 0.1) is 23.9 Å². The highest BCUT2D eigenvalue weighted by Crippen LogP contribution is 2.30. The quantitative estimate of drug-likeness (QED) is 0.315. The van der Waals surface area contributed by atoms with Crippen LogP contribution in [-0.2, 0) is 0 Å². The number of fused-ring (bicyclic) bond motifs is 1. The SMILES string of the molecule is O=c1c2c(-c3ccco3)csc2ncn1/N=C\c1ccc([N+](=O)[O-])o1. The molecule has 9 nitrogen and oxygen atoms in total. The molecular weight excluding hydrogens is 348 g/mol. The predicted octanol–water partition coefficient (Wildman–Crippen LogP) is 3.10. The fraction of sp³-hybridized carbons (Fsp3) is 0. The average molecular weight is 356 g/mol. The van der Waals surface area contributed by atoms with Crippen molar-refractivity contribution in [3.05, 3.63) is 68.5 Å². The lowest BCUT2D eigenvalue weighted by molar-refractivity contribution is -0.402. The van der Waals surface area contributed by atoms with Gasteiger partial charge in [0.1, 0.15) is 21.8 Å². The van der Waals surface area contributed by atoms with Gasteiger partial charge in [0.15, 0.2) is 5.76 Å². The zero-order chi connectivity index (χ0) is 17.4. The molecule has 10 heteroatoms. The lowest BCUT2D eigenvalue weighted by atomic mass is 10.2. The summed E-state index contributed by atoms with van der Waals surface area (Å²) in [5.74, 6) is 0.309. The first kappa shape index (κ1) is 15.0. The molecule has 0 saturated heterocycles. The van der Waals surface area contributed by atoms with Gasteiger partial charge in [-0.2, -0.15) is 9.78 Å². The van der Waals surface area contributed by atoms with Gasteiger partial charge in [0.25, 0.3) is 5.56 Å². The molecule has 4 rings (SSSR count). The highest BCUT2D eigenvalue weighted by molar-refractivity contribution is 7.17. The van der Waals surface area contributed by atoms with Gasteiger partial charge in [-0.25, -0.2) is 4.98 Å². The first-order valence-electron chi connectivity index (χ1n) is 6.95. The second-order valence-corrected chi connectivity index (χ2v) is 5.74. The minimum absolute atomic E-state index is 0.148. The van der Waals surface area contributed by atoms with Crippen LogP contribution in [0.25, 0.3) is 21.5 Å². The Hall–Kier alpha value is -3.53. The van der Waals surface area contributed by atoms with Crippen molar-refractivity contribution in [1.82, 2.24) is 9.66 Å². The number of nitro groups is 1. The maximum Gasteiger partial charge on any atom is 0.433 e. The van der Waals surface area contributed by atoms with E-state index < -0.39 is 10.8 Å². The number of nitrogens with zero attached hydrogens (tertiary/aromatic N) is 4. The number of hydrogen-bond acceptors (Lipinski definition) is 8. The Morgan fingerprint density at radius 1 is 1.36 bits per heavy atom. The summed E-state index contributed by atoms with van der Waals surface area (Å²) in [5.41, 5.74) is 0.260. The molecule has 0 spiro atoms. The summed E-state index contributed by atoms with van der Waals surface area (Å²) in [7, 11) is 0. The van der Waals surface area contributed by atoms with Gasteiger partial charge in [-0.15, -0.1) is 11.3 Å². The summed E-state index contributed by atoms with van der Waals surface area (Å²) in [6.45, 7) is 0. The lowest BCUT2D eigenvalue weighted by Gasteiger charge is -1.98. The fourth-order valence-electron chi connectivity index (χ4n) is 2.25. The number of hydrogen-bond donors (Lipinski definition) is 0. The highest BCUT2D eigenvalue weighted by atomic mass is 32.1. The minimum Gasteiger partial charge on any atom is -0.464 e. The highest BCUT2D eigenvalue weighted by Gasteiger charge is 2.15. The molecule has 0 saturated carbocycles. The van der Waals surface area contributed by atoms with Crippen LogP contribution in [0.1, 0.15) is 5.76 Å². The van der Waals surface area contributed by atoms with Crippen LogP contribution in [0, 0.1) is 10.1 Å². The van der Waals surface area contributed by atoms with E-state index in [9.17, 15) is 14.9 Å². The Kier molecular flexibility index (Phi) is 3.51. The molecule has 0 N–H and O–H groups in total. The van der Waals surface area contributed by atoms with E-state index in [0.717, 1.165) is 4.68 Å². The second-order valence-electron chi connectivity index (χ2n) is 4.88. The van der Waals surface area contributed by atoms with Crippen LogP contribution in [0.15, 0.2) is 61.0 Å². The maximum atomic E-state index is 12.7. The van der Waals surface area contributed by atoms with E-state index in [2.05, 4.69) is 10.1 Å². The first-order valence-corrected chi connectivity index (χ1v) is 7.83. The standard InChI is InChI=1S/C15H8N4O5S/c20-15-13-10(11-2-1-5-23-11)7-25-14(13)16-8-18(15)17-6-9-3-4-12(24-9)19(21)22/h1-8H/b17-6-. The van der Waals surface area contributed by atoms with Crippen LogP contribution in [0.5, 0.6) is 0 Å². The summed E-state index contributed by atoms with van der Waals surface area (Å²) in [6.07, 6.45) is 4.01. The Labute approximate surface area is 142 Å². The minimum atomic E-state index is -0.655. The van der Waals surface area contributed by atoms with Gasteiger partial charge in [-0.05, 0) is 18.2 Å². The van der Waals surface area contributed by atoms with Gasteiger partial charge in [-0.3, -0.25) is 14.9 Å². The lowest BCUT2D eigenvalue weighted by Crippen LogP contribution is -2.16. The normalized spacial score (nSPS) is 11.5. The van der Waals surface area contributed by atoms with E-state index in [0.29, 0.717) is 21.5 Å². The Morgan fingerprint density at radius 2 is 2.24 bits per heavy atom. The molecule has 0 atom stereocenters. The van der Waals surface area contributed by atoms with E-state index >= 15 is 0 Å². The Balaban J connectivity index is 1.76. The third-order valence-corrected chi connectivity index (χ3v) is 4.25. The van der Waals surface area contributed by atoms with Crippen molar-refractivity contribution in [2.24, 2.45) is 5.10 Å². The Bertz CT molecular complexity index is 1150. The topological polar surface area (TPSA) is 117 Å². The molecule has 0 aliphatic carbocycles. The first-order chi connectivity index (χ1) is 12.1. The molecule has 0 aliphatic heterocycles. The third kappa shape index (κ3) is 2.64. The van der Waals surface area contributed by atoms with Crippen LogP contribution in [0.2, 0.25) is 0 Å². The van der Waals surface area contributed by atoms with Gasteiger partial charge < -0.3 is 8.83 Å². The van der Waals surface area contributed by atoms with E-state index in [1.54, 1.807) is 17.5 Å². The smallest absolute Gasteiger partial charge is 0.433 e. The summed E-state index contributed by atoms with van der Waals surface area (Å²) in [6, 6.07) is 6.08. The van der Waals surface area contributed by atoms with Crippen molar-refractivity contribution < 1.29 is 13.8 Å². The van der Waals surface area contributed by atoms with Crippen molar-refractivity contribution in [2.75, 3.05) is 0 Å². The second kappa shape index (κ2) is 5.83. The monoisotopic (exact) mass is 356 g/mol. The van der Waals surface area contributed by atoms with Crippen molar-refractivity contribution in [1.29, 1.82) is 0 Å². The zero-order valence-electron chi connectivity index (χ0n) is 12.4. The molecule has 0 aliphatic rings. The zero-order valence-corrected chi connectivity index (χ0v) is 13.2. The van der Waals surface area contributed by atoms with E-state index in [-0.39, 0.29) is 11.3 Å². The van der Waals surface area contributed by atoms with Gasteiger partial charge in [0.2, 0.25) is 0 Å². The van der Waals surface area contributed by atoms with Crippen LogP contribution in [0.3, 0.4) is 0 Å². The predicted molar refractivity (Wildman–Crippen MR) is 89.9 cm³/mol. The molecular formula is C15H8N4O5S. The van der Waals surface area contributed by atoms with Crippen LogP contribution >= 0.6 is 11.3 Å². The van der Waals surface area contributed by atoms with E-state index in [1.165, 1.54) is 42.3 Å². The molecule has 0 amide bonds. The molecule has 0 radical (unpaired) electrons. The molecule has 0 fully saturated rings. The van der Waals surface area contributed by atoms with Crippen LogP contribution < -0.4 is 5.56 Å². The van der Waals surface area contributed by atoms with Gasteiger partial charge in [-0.1, -0.05) is 0 Å². The summed E-state index contributed by atoms with van der Waals surface area (Å²) in [5, 5.41) is 16.8. The molecule has 0 aromatic carbocycles. The van der Waals surface area contributed by atoms with Crippen molar-refractivity contribution in [3.8, 4) is 11.3 Å². The van der Waals surface area contributed by atoms with Crippen LogP contribution in [0.4, 0.5) is 5.88 Å². The summed E-state index contributed by atoms with van der Waals surface area (Å²) < 4.78 is 11.4. The number of thiophene rings is 1. The maximum absolute atomic E-state index is 12.7. The third-order valence-electron chi connectivity index (χ3n) is 3.37. The molecule has 124 valence electrons. The van der Waals surface area contributed by atoms with Crippen molar-refractivity contribution in [3.63, 3.8) is 0 Å². The molecule has 4 heterocycles. The van der Waals surface area contributed by atoms with E-state index in [4.69, 9.17) is 8.83 Å². The summed E-state index contributed by atoms with van der Waals surface area (Å²) >= 11 is 1.33. The Morgan fingerprint density at radius 3 is 2.96 bits per heavy atom. The molecule has 4 aromatic rings. The van der Waals surface area contributed by atoms with Gasteiger partial charge >= 0.3 is 5.88 Å². The van der Waals surface area contributed by atoms with Gasteiger partial charge in [0, 0.05) is 10.9 Å². The average Bonchev–Trinajstić information content (AvgIpc) is 3.33. The molecule has 4 aromatic heterocycles. The molecule has 0 unspecified atom stereocenters. The number of aromatic nitrogens is 2. The van der Waals surface area contributed by atoms with Crippen molar-refractivity contribution >= 4 is 33.7 Å². The number of rotatable bonds is 4. The van der Waals surface area contributed by atoms with Crippen molar-refractivity contribution in [2.45, 2.75) is 0 Å². The summed E-state index contributed by atoms with van der Waals surface area (Å²) in [4.78, 5) is 27.4. The molecule has 0 bridgehead atoms.